The standard InChI is InChI=1S/C7H16O3S2/c1-7(8)3-4-11-5-6-12(2,9)10/h7-8H,3-6H2,1-2H3. The van der Waals surface area contributed by atoms with E-state index in [0.717, 1.165) is 12.2 Å². The minimum absolute atomic E-state index is 0.234. The molecule has 0 aromatic rings. The van der Waals surface area contributed by atoms with Gasteiger partial charge >= 0.3 is 0 Å². The van der Waals surface area contributed by atoms with Crippen LogP contribution in [0, 0.1) is 0 Å². The van der Waals surface area contributed by atoms with Crippen molar-refractivity contribution >= 4 is 21.6 Å². The molecule has 0 amide bonds. The number of aliphatic hydroxyl groups is 1. The molecule has 74 valence electrons. The van der Waals surface area contributed by atoms with E-state index in [1.165, 1.54) is 6.26 Å². The summed E-state index contributed by atoms with van der Waals surface area (Å²) in [7, 11) is -2.81. The second kappa shape index (κ2) is 5.83. The minimum Gasteiger partial charge on any atom is -0.393 e. The van der Waals surface area contributed by atoms with Gasteiger partial charge in [-0.2, -0.15) is 11.8 Å². The third-order valence-electron chi connectivity index (χ3n) is 1.28. The molecule has 0 rings (SSSR count). The van der Waals surface area contributed by atoms with E-state index in [-0.39, 0.29) is 11.9 Å². The molecule has 0 aliphatic carbocycles. The van der Waals surface area contributed by atoms with Gasteiger partial charge < -0.3 is 5.11 Å². The predicted octanol–water partition coefficient (Wildman–Crippen LogP) is 0.535. The van der Waals surface area contributed by atoms with E-state index in [2.05, 4.69) is 0 Å². The van der Waals surface area contributed by atoms with Crippen LogP contribution in [0.5, 0.6) is 0 Å². The van der Waals surface area contributed by atoms with Crippen molar-refractivity contribution in [2.24, 2.45) is 0 Å². The Morgan fingerprint density at radius 1 is 1.42 bits per heavy atom. The summed E-state index contributed by atoms with van der Waals surface area (Å²) in [5, 5.41) is 8.88. The lowest BCUT2D eigenvalue weighted by molar-refractivity contribution is 0.192. The maximum atomic E-state index is 10.7. The molecule has 0 aromatic heterocycles. The Morgan fingerprint density at radius 2 is 2.00 bits per heavy atom. The summed E-state index contributed by atoms with van der Waals surface area (Å²) >= 11 is 1.57. The van der Waals surface area contributed by atoms with Gasteiger partial charge in [0.2, 0.25) is 0 Å². The second-order valence-electron chi connectivity index (χ2n) is 2.88. The number of sulfone groups is 1. The topological polar surface area (TPSA) is 54.4 Å². The first-order valence-electron chi connectivity index (χ1n) is 3.85. The van der Waals surface area contributed by atoms with Gasteiger partial charge in [0.05, 0.1) is 11.9 Å². The first kappa shape index (κ1) is 12.3. The molecule has 0 fully saturated rings. The number of aliphatic hydroxyl groups excluding tert-OH is 1. The van der Waals surface area contributed by atoms with Gasteiger partial charge in [0.15, 0.2) is 0 Å². The molecule has 0 spiro atoms. The van der Waals surface area contributed by atoms with Crippen LogP contribution in [-0.4, -0.2) is 43.1 Å². The number of hydrogen-bond acceptors (Lipinski definition) is 4. The van der Waals surface area contributed by atoms with E-state index in [4.69, 9.17) is 5.11 Å². The van der Waals surface area contributed by atoms with Crippen molar-refractivity contribution < 1.29 is 13.5 Å². The molecule has 1 atom stereocenters. The van der Waals surface area contributed by atoms with Gasteiger partial charge in [0, 0.05) is 12.0 Å². The Kier molecular flexibility index (Phi) is 5.96. The van der Waals surface area contributed by atoms with E-state index < -0.39 is 9.84 Å². The summed E-state index contributed by atoms with van der Waals surface area (Å²) in [5.41, 5.74) is 0. The van der Waals surface area contributed by atoms with E-state index in [9.17, 15) is 8.42 Å². The van der Waals surface area contributed by atoms with Crippen molar-refractivity contribution in [1.82, 2.24) is 0 Å². The lowest BCUT2D eigenvalue weighted by Gasteiger charge is -2.02. The molecule has 0 saturated heterocycles. The van der Waals surface area contributed by atoms with Crippen molar-refractivity contribution in [3.8, 4) is 0 Å². The molecule has 1 N–H and O–H groups in total. The van der Waals surface area contributed by atoms with Gasteiger partial charge in [-0.3, -0.25) is 0 Å². The first-order valence-corrected chi connectivity index (χ1v) is 7.07. The highest BCUT2D eigenvalue weighted by Crippen LogP contribution is 2.05. The van der Waals surface area contributed by atoms with Crippen LogP contribution >= 0.6 is 11.8 Å². The van der Waals surface area contributed by atoms with Crippen LogP contribution in [0.15, 0.2) is 0 Å². The van der Waals surface area contributed by atoms with Crippen molar-refractivity contribution in [3.05, 3.63) is 0 Å². The van der Waals surface area contributed by atoms with Crippen molar-refractivity contribution in [1.29, 1.82) is 0 Å². The van der Waals surface area contributed by atoms with E-state index in [1.807, 2.05) is 0 Å². The molecule has 0 radical (unpaired) electrons. The van der Waals surface area contributed by atoms with Crippen molar-refractivity contribution in [2.75, 3.05) is 23.5 Å². The normalized spacial score (nSPS) is 14.6. The maximum Gasteiger partial charge on any atom is 0.148 e. The van der Waals surface area contributed by atoms with E-state index in [1.54, 1.807) is 18.7 Å². The molecule has 0 aliphatic heterocycles. The van der Waals surface area contributed by atoms with E-state index in [0.29, 0.717) is 5.75 Å². The van der Waals surface area contributed by atoms with Crippen molar-refractivity contribution in [3.63, 3.8) is 0 Å². The van der Waals surface area contributed by atoms with Crippen LogP contribution in [-0.2, 0) is 9.84 Å². The average Bonchev–Trinajstić information content (AvgIpc) is 1.83. The molecule has 5 heteroatoms. The molecule has 12 heavy (non-hydrogen) atoms. The van der Waals surface area contributed by atoms with Gasteiger partial charge in [-0.15, -0.1) is 0 Å². The Balaban J connectivity index is 3.23. The van der Waals surface area contributed by atoms with Gasteiger partial charge in [-0.25, -0.2) is 8.42 Å². The predicted molar refractivity (Wildman–Crippen MR) is 53.3 cm³/mol. The zero-order valence-corrected chi connectivity index (χ0v) is 9.12. The highest BCUT2D eigenvalue weighted by molar-refractivity contribution is 8.00. The lowest BCUT2D eigenvalue weighted by Crippen LogP contribution is -2.07. The van der Waals surface area contributed by atoms with Crippen LogP contribution in [0.2, 0.25) is 0 Å². The fourth-order valence-electron chi connectivity index (χ4n) is 0.566. The maximum absolute atomic E-state index is 10.7. The first-order chi connectivity index (χ1) is 5.42. The summed E-state index contributed by atoms with van der Waals surface area (Å²) in [6.45, 7) is 1.73. The smallest absolute Gasteiger partial charge is 0.148 e. The molecular weight excluding hydrogens is 196 g/mol. The number of thioether (sulfide) groups is 1. The molecular formula is C7H16O3S2. The number of hydrogen-bond donors (Lipinski definition) is 1. The SMILES string of the molecule is CC(O)CCSCCS(C)(=O)=O. The van der Waals surface area contributed by atoms with Gasteiger partial charge in [-0.05, 0) is 19.1 Å². The Hall–Kier alpha value is 0.260. The van der Waals surface area contributed by atoms with Gasteiger partial charge in [-0.1, -0.05) is 0 Å². The average molecular weight is 212 g/mol. The van der Waals surface area contributed by atoms with Crippen LogP contribution < -0.4 is 0 Å². The Morgan fingerprint density at radius 3 is 2.42 bits per heavy atom. The molecule has 1 unspecified atom stereocenters. The summed E-state index contributed by atoms with van der Waals surface area (Å²) in [4.78, 5) is 0. The molecule has 0 bridgehead atoms. The summed E-state index contributed by atoms with van der Waals surface area (Å²) in [6, 6.07) is 0. The zero-order valence-electron chi connectivity index (χ0n) is 7.49. The van der Waals surface area contributed by atoms with Gasteiger partial charge in [0.1, 0.15) is 9.84 Å². The monoisotopic (exact) mass is 212 g/mol. The molecule has 3 nitrogen and oxygen atoms in total. The molecule has 0 aliphatic rings. The molecule has 0 saturated carbocycles. The third-order valence-corrected chi connectivity index (χ3v) is 3.50. The van der Waals surface area contributed by atoms with Crippen LogP contribution in [0.3, 0.4) is 0 Å². The summed E-state index contributed by atoms with van der Waals surface area (Å²) < 4.78 is 21.3. The number of rotatable bonds is 6. The molecule has 0 aromatic carbocycles. The largest absolute Gasteiger partial charge is 0.393 e. The second-order valence-corrected chi connectivity index (χ2v) is 6.36. The minimum atomic E-state index is -2.81. The molecule has 0 heterocycles. The highest BCUT2D eigenvalue weighted by atomic mass is 32.2. The quantitative estimate of drug-likeness (QED) is 0.653. The third kappa shape index (κ3) is 10.3. The van der Waals surface area contributed by atoms with E-state index >= 15 is 0 Å². The van der Waals surface area contributed by atoms with Gasteiger partial charge in [0.25, 0.3) is 0 Å². The van der Waals surface area contributed by atoms with Crippen LogP contribution in [0.1, 0.15) is 13.3 Å². The fraction of sp³-hybridized carbons (Fsp3) is 1.00. The summed E-state index contributed by atoms with van der Waals surface area (Å²) in [6.07, 6.45) is 1.69. The Bertz CT molecular complexity index is 197. The summed E-state index contributed by atoms with van der Waals surface area (Å²) in [5.74, 6) is 1.69. The lowest BCUT2D eigenvalue weighted by atomic mass is 10.3. The van der Waals surface area contributed by atoms with Crippen LogP contribution in [0.25, 0.3) is 0 Å². The highest BCUT2D eigenvalue weighted by Gasteiger charge is 2.01. The fourth-order valence-corrected chi connectivity index (χ4v) is 2.96. The van der Waals surface area contributed by atoms with Crippen molar-refractivity contribution in [2.45, 2.75) is 19.4 Å². The van der Waals surface area contributed by atoms with Crippen LogP contribution in [0.4, 0.5) is 0 Å². The Labute approximate surface area is 78.5 Å². The zero-order chi connectivity index (χ0) is 9.61.